The van der Waals surface area contributed by atoms with E-state index in [9.17, 15) is 9.59 Å². The van der Waals surface area contributed by atoms with E-state index in [1.54, 1.807) is 24.3 Å². The van der Waals surface area contributed by atoms with Crippen molar-refractivity contribution in [3.63, 3.8) is 0 Å². The quantitative estimate of drug-likeness (QED) is 0.913. The average molecular weight is 294 g/mol. The smallest absolute Gasteiger partial charge is 0.248 e. The summed E-state index contributed by atoms with van der Waals surface area (Å²) in [5.41, 5.74) is 8.93. The fourth-order valence-corrected chi connectivity index (χ4v) is 2.88. The molecule has 2 amide bonds. The Labute approximate surface area is 129 Å². The third-order valence-corrected chi connectivity index (χ3v) is 4.15. The van der Waals surface area contributed by atoms with Crippen molar-refractivity contribution in [2.45, 2.75) is 19.3 Å². The SMILES string of the molecule is NC(=O)c1ccc(NC(=O)C2CCc3ccccc3C2)cc1. The largest absolute Gasteiger partial charge is 0.366 e. The highest BCUT2D eigenvalue weighted by Crippen LogP contribution is 2.26. The van der Waals surface area contributed by atoms with Crippen molar-refractivity contribution in [3.05, 3.63) is 65.2 Å². The van der Waals surface area contributed by atoms with Gasteiger partial charge in [-0.2, -0.15) is 0 Å². The Hall–Kier alpha value is -2.62. The first-order valence-corrected chi connectivity index (χ1v) is 7.41. The molecule has 4 heteroatoms. The minimum atomic E-state index is -0.471. The minimum absolute atomic E-state index is 0.00860. The van der Waals surface area contributed by atoms with Gasteiger partial charge in [0.05, 0.1) is 0 Å². The number of aryl methyl sites for hydroxylation is 1. The van der Waals surface area contributed by atoms with Crippen LogP contribution in [-0.2, 0) is 17.6 Å². The summed E-state index contributed by atoms with van der Waals surface area (Å²) in [4.78, 5) is 23.4. The Morgan fingerprint density at radius 1 is 1.00 bits per heavy atom. The Kier molecular flexibility index (Phi) is 3.92. The lowest BCUT2D eigenvalue weighted by Gasteiger charge is -2.23. The third-order valence-electron chi connectivity index (χ3n) is 4.15. The number of primary amides is 1. The van der Waals surface area contributed by atoms with Crippen LogP contribution in [0.15, 0.2) is 48.5 Å². The third kappa shape index (κ3) is 3.01. The minimum Gasteiger partial charge on any atom is -0.366 e. The number of nitrogens with one attached hydrogen (secondary N) is 1. The topological polar surface area (TPSA) is 72.2 Å². The second-order valence-electron chi connectivity index (χ2n) is 5.64. The number of benzene rings is 2. The van der Waals surface area contributed by atoms with Gasteiger partial charge in [-0.15, -0.1) is 0 Å². The Morgan fingerprint density at radius 3 is 2.36 bits per heavy atom. The highest BCUT2D eigenvalue weighted by atomic mass is 16.2. The van der Waals surface area contributed by atoms with E-state index in [0.717, 1.165) is 19.3 Å². The van der Waals surface area contributed by atoms with Gasteiger partial charge in [-0.25, -0.2) is 0 Å². The van der Waals surface area contributed by atoms with Crippen LogP contribution in [-0.4, -0.2) is 11.8 Å². The van der Waals surface area contributed by atoms with Crippen LogP contribution in [0.1, 0.15) is 27.9 Å². The molecule has 0 aliphatic heterocycles. The highest BCUT2D eigenvalue weighted by Gasteiger charge is 2.24. The zero-order valence-corrected chi connectivity index (χ0v) is 12.2. The van der Waals surface area contributed by atoms with E-state index in [-0.39, 0.29) is 11.8 Å². The molecule has 3 rings (SSSR count). The summed E-state index contributed by atoms with van der Waals surface area (Å²) in [6.07, 6.45) is 2.58. The molecule has 0 bridgehead atoms. The summed E-state index contributed by atoms with van der Waals surface area (Å²) >= 11 is 0. The van der Waals surface area contributed by atoms with Gasteiger partial charge in [0.2, 0.25) is 11.8 Å². The molecule has 2 aromatic carbocycles. The molecule has 0 fully saturated rings. The molecular formula is C18H18N2O2. The number of fused-ring (bicyclic) bond motifs is 1. The van der Waals surface area contributed by atoms with Crippen molar-refractivity contribution in [3.8, 4) is 0 Å². The van der Waals surface area contributed by atoms with Gasteiger partial charge in [0.1, 0.15) is 0 Å². The van der Waals surface area contributed by atoms with E-state index in [1.807, 2.05) is 12.1 Å². The van der Waals surface area contributed by atoms with E-state index in [2.05, 4.69) is 17.4 Å². The molecule has 0 heterocycles. The second-order valence-corrected chi connectivity index (χ2v) is 5.64. The number of hydrogen-bond donors (Lipinski definition) is 2. The molecule has 1 aliphatic carbocycles. The normalized spacial score (nSPS) is 16.6. The molecule has 3 N–H and O–H groups in total. The number of carbonyl (C=O) groups is 2. The van der Waals surface area contributed by atoms with Crippen LogP contribution in [0.2, 0.25) is 0 Å². The van der Waals surface area contributed by atoms with Gasteiger partial charge >= 0.3 is 0 Å². The van der Waals surface area contributed by atoms with Crippen LogP contribution in [0.25, 0.3) is 0 Å². The molecule has 0 spiro atoms. The first-order chi connectivity index (χ1) is 10.6. The maximum Gasteiger partial charge on any atom is 0.248 e. The molecule has 0 saturated carbocycles. The van der Waals surface area contributed by atoms with Crippen molar-refractivity contribution < 1.29 is 9.59 Å². The Bertz CT molecular complexity index is 707. The summed E-state index contributed by atoms with van der Waals surface area (Å²) in [5, 5.41) is 2.92. The molecule has 0 saturated heterocycles. The molecule has 0 aromatic heterocycles. The Morgan fingerprint density at radius 2 is 1.68 bits per heavy atom. The van der Waals surface area contributed by atoms with E-state index >= 15 is 0 Å². The first kappa shape index (κ1) is 14.3. The van der Waals surface area contributed by atoms with Gasteiger partial charge in [0, 0.05) is 17.2 Å². The molecule has 22 heavy (non-hydrogen) atoms. The lowest BCUT2D eigenvalue weighted by atomic mass is 9.83. The number of nitrogens with two attached hydrogens (primary N) is 1. The van der Waals surface area contributed by atoms with Crippen molar-refractivity contribution in [1.82, 2.24) is 0 Å². The maximum atomic E-state index is 12.4. The molecule has 2 aromatic rings. The average Bonchev–Trinajstić information content (AvgIpc) is 2.55. The predicted molar refractivity (Wildman–Crippen MR) is 85.5 cm³/mol. The van der Waals surface area contributed by atoms with E-state index in [0.29, 0.717) is 11.3 Å². The Balaban J connectivity index is 1.66. The number of carbonyl (C=O) groups excluding carboxylic acids is 2. The molecule has 1 atom stereocenters. The van der Waals surface area contributed by atoms with E-state index in [1.165, 1.54) is 11.1 Å². The van der Waals surface area contributed by atoms with Gasteiger partial charge in [-0.05, 0) is 54.7 Å². The first-order valence-electron chi connectivity index (χ1n) is 7.41. The van der Waals surface area contributed by atoms with Gasteiger partial charge in [-0.3, -0.25) is 9.59 Å². The van der Waals surface area contributed by atoms with Crippen molar-refractivity contribution in [2.24, 2.45) is 11.7 Å². The maximum absolute atomic E-state index is 12.4. The number of hydrogen-bond acceptors (Lipinski definition) is 2. The number of amides is 2. The van der Waals surface area contributed by atoms with Gasteiger partial charge in [0.25, 0.3) is 0 Å². The molecular weight excluding hydrogens is 276 g/mol. The predicted octanol–water partition coefficient (Wildman–Crippen LogP) is 2.53. The molecule has 1 unspecified atom stereocenters. The highest BCUT2D eigenvalue weighted by molar-refractivity contribution is 5.95. The lowest BCUT2D eigenvalue weighted by molar-refractivity contribution is -0.120. The summed E-state index contributed by atoms with van der Waals surface area (Å²) in [5.74, 6) is -0.450. The second kappa shape index (κ2) is 6.02. The van der Waals surface area contributed by atoms with Crippen LogP contribution in [0.3, 0.4) is 0 Å². The van der Waals surface area contributed by atoms with Crippen LogP contribution in [0.4, 0.5) is 5.69 Å². The van der Waals surface area contributed by atoms with Crippen LogP contribution >= 0.6 is 0 Å². The summed E-state index contributed by atoms with van der Waals surface area (Å²) in [7, 11) is 0. The zero-order chi connectivity index (χ0) is 15.5. The van der Waals surface area contributed by atoms with Crippen molar-refractivity contribution in [1.29, 1.82) is 0 Å². The van der Waals surface area contributed by atoms with Crippen molar-refractivity contribution >= 4 is 17.5 Å². The lowest BCUT2D eigenvalue weighted by Crippen LogP contribution is -2.28. The molecule has 1 aliphatic rings. The van der Waals surface area contributed by atoms with E-state index in [4.69, 9.17) is 5.73 Å². The number of anilines is 1. The van der Waals surface area contributed by atoms with E-state index < -0.39 is 5.91 Å². The standard InChI is InChI=1S/C18H18N2O2/c19-17(21)13-7-9-16(10-8-13)20-18(22)15-6-5-12-3-1-2-4-14(12)11-15/h1-4,7-10,15H,5-6,11H2,(H2,19,21)(H,20,22). The molecule has 112 valence electrons. The fraction of sp³-hybridized carbons (Fsp3) is 0.222. The van der Waals surface area contributed by atoms with Gasteiger partial charge < -0.3 is 11.1 Å². The summed E-state index contributed by atoms with van der Waals surface area (Å²) < 4.78 is 0. The molecule has 0 radical (unpaired) electrons. The van der Waals surface area contributed by atoms with Crippen LogP contribution in [0.5, 0.6) is 0 Å². The van der Waals surface area contributed by atoms with Gasteiger partial charge in [-0.1, -0.05) is 24.3 Å². The van der Waals surface area contributed by atoms with Gasteiger partial charge in [0.15, 0.2) is 0 Å². The van der Waals surface area contributed by atoms with Crippen LogP contribution in [0, 0.1) is 5.92 Å². The van der Waals surface area contributed by atoms with Crippen LogP contribution < -0.4 is 11.1 Å². The molecule has 4 nitrogen and oxygen atoms in total. The fourth-order valence-electron chi connectivity index (χ4n) is 2.88. The summed E-state index contributed by atoms with van der Waals surface area (Å²) in [6, 6.07) is 14.9. The summed E-state index contributed by atoms with van der Waals surface area (Å²) in [6.45, 7) is 0. The number of rotatable bonds is 3. The van der Waals surface area contributed by atoms with Crippen molar-refractivity contribution in [2.75, 3.05) is 5.32 Å². The zero-order valence-electron chi connectivity index (χ0n) is 12.2. The monoisotopic (exact) mass is 294 g/mol.